The SMILES string of the molecule is O=C(O)[C@@H]1C[C@H]2CC[C@@H]1N2C(=O)c1cc(C2CCOCC2)on1. The average molecular weight is 320 g/mol. The van der Waals surface area contributed by atoms with E-state index < -0.39 is 11.9 Å². The van der Waals surface area contributed by atoms with Crippen molar-refractivity contribution in [1.82, 2.24) is 10.1 Å². The number of hydrogen-bond donors (Lipinski definition) is 1. The topological polar surface area (TPSA) is 92.9 Å². The Hall–Kier alpha value is -1.89. The summed E-state index contributed by atoms with van der Waals surface area (Å²) in [5.74, 6) is -0.459. The lowest BCUT2D eigenvalue weighted by atomic mass is 9.89. The summed E-state index contributed by atoms with van der Waals surface area (Å²) in [6.07, 6.45) is 3.94. The van der Waals surface area contributed by atoms with Gasteiger partial charge in [0.25, 0.3) is 5.91 Å². The first-order chi connectivity index (χ1) is 11.1. The smallest absolute Gasteiger partial charge is 0.308 e. The maximum Gasteiger partial charge on any atom is 0.308 e. The average Bonchev–Trinajstić information content (AvgIpc) is 3.29. The summed E-state index contributed by atoms with van der Waals surface area (Å²) in [6, 6.07) is 1.55. The Bertz CT molecular complexity index is 622. The van der Waals surface area contributed by atoms with Gasteiger partial charge in [-0.25, -0.2) is 0 Å². The number of carboxylic acids is 1. The summed E-state index contributed by atoms with van der Waals surface area (Å²) in [7, 11) is 0. The van der Waals surface area contributed by atoms with Gasteiger partial charge in [-0.2, -0.15) is 0 Å². The maximum absolute atomic E-state index is 12.8. The molecule has 124 valence electrons. The first-order valence-corrected chi connectivity index (χ1v) is 8.25. The highest BCUT2D eigenvalue weighted by molar-refractivity contribution is 5.94. The fourth-order valence-corrected chi connectivity index (χ4v) is 4.27. The summed E-state index contributed by atoms with van der Waals surface area (Å²) in [6.45, 7) is 1.40. The quantitative estimate of drug-likeness (QED) is 0.910. The van der Waals surface area contributed by atoms with Crippen molar-refractivity contribution in [2.24, 2.45) is 5.92 Å². The van der Waals surface area contributed by atoms with E-state index in [0.29, 0.717) is 25.3 Å². The Morgan fingerprint density at radius 2 is 2.00 bits per heavy atom. The molecular weight excluding hydrogens is 300 g/mol. The van der Waals surface area contributed by atoms with E-state index in [2.05, 4.69) is 5.16 Å². The summed E-state index contributed by atoms with van der Waals surface area (Å²) in [5, 5.41) is 13.2. The summed E-state index contributed by atoms with van der Waals surface area (Å²) in [5.41, 5.74) is 0.300. The zero-order chi connectivity index (χ0) is 16.0. The van der Waals surface area contributed by atoms with E-state index in [9.17, 15) is 14.7 Å². The number of carboxylic acid groups (broad SMARTS) is 1. The van der Waals surface area contributed by atoms with Crippen molar-refractivity contribution in [3.63, 3.8) is 0 Å². The minimum Gasteiger partial charge on any atom is -0.481 e. The highest BCUT2D eigenvalue weighted by atomic mass is 16.5. The monoisotopic (exact) mass is 320 g/mol. The molecule has 3 fully saturated rings. The van der Waals surface area contributed by atoms with Crippen LogP contribution in [-0.2, 0) is 9.53 Å². The van der Waals surface area contributed by atoms with E-state index in [4.69, 9.17) is 9.26 Å². The molecule has 0 radical (unpaired) electrons. The van der Waals surface area contributed by atoms with Gasteiger partial charge in [-0.15, -0.1) is 0 Å². The fraction of sp³-hybridized carbons (Fsp3) is 0.688. The molecule has 7 nitrogen and oxygen atoms in total. The molecule has 1 amide bonds. The van der Waals surface area contributed by atoms with E-state index in [1.807, 2.05) is 0 Å². The molecule has 2 bridgehead atoms. The van der Waals surface area contributed by atoms with Crippen LogP contribution in [0, 0.1) is 5.92 Å². The minimum absolute atomic E-state index is 0.0248. The first-order valence-electron chi connectivity index (χ1n) is 8.25. The molecule has 3 aliphatic rings. The zero-order valence-corrected chi connectivity index (χ0v) is 12.8. The van der Waals surface area contributed by atoms with Gasteiger partial charge in [-0.1, -0.05) is 5.16 Å². The number of amides is 1. The maximum atomic E-state index is 12.8. The van der Waals surface area contributed by atoms with Crippen LogP contribution in [0.1, 0.15) is 54.3 Å². The molecule has 0 spiro atoms. The molecule has 1 aromatic rings. The third kappa shape index (κ3) is 2.43. The van der Waals surface area contributed by atoms with Gasteiger partial charge in [-0.05, 0) is 32.1 Å². The van der Waals surface area contributed by atoms with Gasteiger partial charge < -0.3 is 19.3 Å². The van der Waals surface area contributed by atoms with E-state index in [1.54, 1.807) is 11.0 Å². The molecule has 3 atom stereocenters. The summed E-state index contributed by atoms with van der Waals surface area (Å²) >= 11 is 0. The second-order valence-corrected chi connectivity index (χ2v) is 6.69. The van der Waals surface area contributed by atoms with Gasteiger partial charge in [0.1, 0.15) is 5.76 Å². The number of rotatable bonds is 3. The van der Waals surface area contributed by atoms with Crippen LogP contribution in [0.5, 0.6) is 0 Å². The predicted molar refractivity (Wildman–Crippen MR) is 78.0 cm³/mol. The molecule has 23 heavy (non-hydrogen) atoms. The molecule has 4 heterocycles. The number of nitrogens with zero attached hydrogens (tertiary/aromatic N) is 2. The molecule has 3 aliphatic heterocycles. The molecule has 0 saturated carbocycles. The van der Waals surface area contributed by atoms with Crippen LogP contribution in [0.3, 0.4) is 0 Å². The van der Waals surface area contributed by atoms with Gasteiger partial charge in [-0.3, -0.25) is 9.59 Å². The van der Waals surface area contributed by atoms with Crippen molar-refractivity contribution in [1.29, 1.82) is 0 Å². The number of fused-ring (bicyclic) bond motifs is 2. The van der Waals surface area contributed by atoms with Gasteiger partial charge in [0.15, 0.2) is 5.69 Å². The molecular formula is C16H20N2O5. The molecule has 0 unspecified atom stereocenters. The second-order valence-electron chi connectivity index (χ2n) is 6.69. The number of carbonyl (C=O) groups is 2. The largest absolute Gasteiger partial charge is 0.481 e. The van der Waals surface area contributed by atoms with E-state index in [1.165, 1.54) is 0 Å². The zero-order valence-electron chi connectivity index (χ0n) is 12.8. The number of aliphatic carboxylic acids is 1. The fourth-order valence-electron chi connectivity index (χ4n) is 4.27. The molecule has 4 rings (SSSR count). The molecule has 3 saturated heterocycles. The van der Waals surface area contributed by atoms with Crippen molar-refractivity contribution >= 4 is 11.9 Å². The molecule has 0 aromatic carbocycles. The summed E-state index contributed by atoms with van der Waals surface area (Å²) in [4.78, 5) is 25.8. The van der Waals surface area contributed by atoms with E-state index in [-0.39, 0.29) is 23.9 Å². The van der Waals surface area contributed by atoms with Gasteiger partial charge in [0.05, 0.1) is 5.92 Å². The molecule has 1 N–H and O–H groups in total. The van der Waals surface area contributed by atoms with Crippen molar-refractivity contribution < 1.29 is 24.0 Å². The Morgan fingerprint density at radius 1 is 1.22 bits per heavy atom. The highest BCUT2D eigenvalue weighted by Crippen LogP contribution is 2.42. The molecule has 0 aliphatic carbocycles. The van der Waals surface area contributed by atoms with Crippen LogP contribution in [-0.4, -0.2) is 52.3 Å². The third-order valence-electron chi connectivity index (χ3n) is 5.46. The van der Waals surface area contributed by atoms with Crippen LogP contribution >= 0.6 is 0 Å². The van der Waals surface area contributed by atoms with E-state index >= 15 is 0 Å². The lowest BCUT2D eigenvalue weighted by Crippen LogP contribution is -2.38. The molecule has 7 heteroatoms. The van der Waals surface area contributed by atoms with Crippen molar-refractivity contribution in [3.05, 3.63) is 17.5 Å². The lowest BCUT2D eigenvalue weighted by molar-refractivity contribution is -0.142. The van der Waals surface area contributed by atoms with Crippen molar-refractivity contribution in [2.45, 2.75) is 50.1 Å². The Labute approximate surface area is 133 Å². The van der Waals surface area contributed by atoms with Gasteiger partial charge in [0.2, 0.25) is 0 Å². The van der Waals surface area contributed by atoms with Crippen LogP contribution < -0.4 is 0 Å². The Morgan fingerprint density at radius 3 is 2.70 bits per heavy atom. The van der Waals surface area contributed by atoms with Gasteiger partial charge in [0, 0.05) is 37.3 Å². The third-order valence-corrected chi connectivity index (χ3v) is 5.46. The number of ether oxygens (including phenoxy) is 1. The normalized spacial score (nSPS) is 30.8. The number of aromatic nitrogens is 1. The van der Waals surface area contributed by atoms with Crippen molar-refractivity contribution in [2.75, 3.05) is 13.2 Å². The lowest BCUT2D eigenvalue weighted by Gasteiger charge is -2.21. The second kappa shape index (κ2) is 5.63. The minimum atomic E-state index is -0.807. The number of carbonyl (C=O) groups excluding carboxylic acids is 1. The number of hydrogen-bond acceptors (Lipinski definition) is 5. The van der Waals surface area contributed by atoms with Crippen molar-refractivity contribution in [3.8, 4) is 0 Å². The highest BCUT2D eigenvalue weighted by Gasteiger charge is 2.51. The van der Waals surface area contributed by atoms with E-state index in [0.717, 1.165) is 31.4 Å². The van der Waals surface area contributed by atoms with Crippen LogP contribution in [0.15, 0.2) is 10.6 Å². The van der Waals surface area contributed by atoms with Crippen LogP contribution in [0.2, 0.25) is 0 Å². The van der Waals surface area contributed by atoms with Crippen LogP contribution in [0.4, 0.5) is 0 Å². The summed E-state index contributed by atoms with van der Waals surface area (Å²) < 4.78 is 10.7. The predicted octanol–water partition coefficient (Wildman–Crippen LogP) is 1.65. The van der Waals surface area contributed by atoms with Gasteiger partial charge >= 0.3 is 5.97 Å². The molecule has 1 aromatic heterocycles. The Balaban J connectivity index is 1.51. The first kappa shape index (κ1) is 14.7. The standard InChI is InChI=1S/C16H20N2O5/c19-15(18-10-1-2-13(18)11(7-10)16(20)21)12-8-14(23-17-12)9-3-5-22-6-4-9/h8-11,13H,1-7H2,(H,20,21)/t10-,11-,13+/m1/s1. The van der Waals surface area contributed by atoms with Crippen LogP contribution in [0.25, 0.3) is 0 Å². The Kier molecular flexibility index (Phi) is 3.60.